The van der Waals surface area contributed by atoms with Crippen molar-refractivity contribution in [2.45, 2.75) is 25.7 Å². The molecule has 0 aromatic carbocycles. The summed E-state index contributed by atoms with van der Waals surface area (Å²) in [6.45, 7) is -0.128. The predicted octanol–water partition coefficient (Wildman–Crippen LogP) is 1.30. The number of hydrogen-bond donors (Lipinski definition) is 3. The summed E-state index contributed by atoms with van der Waals surface area (Å²) in [7, 11) is 0. The zero-order valence-corrected chi connectivity index (χ0v) is 9.55. The standard InChI is InChI=1S/C9H14F4N2O3/c1-5(6(16)17)2-3-14-8(18)15-4-9(12,13)7(10)11/h5,7H,2-4H2,1H3,(H,16,17)(H2,14,15,18). The van der Waals surface area contributed by atoms with Crippen LogP contribution in [-0.4, -0.2) is 42.5 Å². The minimum Gasteiger partial charge on any atom is -0.481 e. The minimum absolute atomic E-state index is 0.0560. The summed E-state index contributed by atoms with van der Waals surface area (Å²) in [4.78, 5) is 21.3. The molecule has 0 spiro atoms. The molecule has 0 fully saturated rings. The first kappa shape index (κ1) is 16.5. The Kier molecular flexibility index (Phi) is 6.42. The average Bonchev–Trinajstić information content (AvgIpc) is 2.26. The van der Waals surface area contributed by atoms with Gasteiger partial charge in [-0.25, -0.2) is 13.6 Å². The van der Waals surface area contributed by atoms with Gasteiger partial charge in [0.2, 0.25) is 0 Å². The molecule has 9 heteroatoms. The van der Waals surface area contributed by atoms with Crippen LogP contribution in [0.15, 0.2) is 0 Å². The van der Waals surface area contributed by atoms with Crippen LogP contribution in [0, 0.1) is 5.92 Å². The van der Waals surface area contributed by atoms with Crippen LogP contribution in [0.1, 0.15) is 13.3 Å². The lowest BCUT2D eigenvalue weighted by Gasteiger charge is -2.16. The summed E-state index contributed by atoms with van der Waals surface area (Å²) in [5.74, 6) is -6.04. The maximum Gasteiger partial charge on any atom is 0.324 e. The van der Waals surface area contributed by atoms with E-state index in [9.17, 15) is 27.2 Å². The van der Waals surface area contributed by atoms with E-state index in [1.54, 1.807) is 5.32 Å². The number of hydrogen-bond acceptors (Lipinski definition) is 2. The molecule has 0 heterocycles. The van der Waals surface area contributed by atoms with Gasteiger partial charge in [0.15, 0.2) is 0 Å². The van der Waals surface area contributed by atoms with E-state index < -0.39 is 36.8 Å². The number of amides is 2. The molecule has 0 aliphatic rings. The Morgan fingerprint density at radius 3 is 2.28 bits per heavy atom. The molecular weight excluding hydrogens is 260 g/mol. The van der Waals surface area contributed by atoms with Gasteiger partial charge in [0.1, 0.15) is 0 Å². The van der Waals surface area contributed by atoms with E-state index in [0.29, 0.717) is 0 Å². The van der Waals surface area contributed by atoms with Crippen molar-refractivity contribution in [3.05, 3.63) is 0 Å². The molecule has 0 aromatic heterocycles. The van der Waals surface area contributed by atoms with E-state index in [2.05, 4.69) is 5.32 Å². The number of alkyl halides is 4. The maximum absolute atomic E-state index is 12.4. The number of carboxylic acids is 1. The second kappa shape index (κ2) is 7.02. The highest BCUT2D eigenvalue weighted by molar-refractivity contribution is 5.74. The molecule has 0 saturated heterocycles. The number of urea groups is 1. The van der Waals surface area contributed by atoms with Gasteiger partial charge in [0.25, 0.3) is 0 Å². The summed E-state index contributed by atoms with van der Waals surface area (Å²) in [5.41, 5.74) is 0. The summed E-state index contributed by atoms with van der Waals surface area (Å²) in [6, 6.07) is -1.05. The molecule has 1 atom stereocenters. The number of rotatable bonds is 7. The molecule has 5 nitrogen and oxygen atoms in total. The van der Waals surface area contributed by atoms with Crippen LogP contribution in [0.25, 0.3) is 0 Å². The van der Waals surface area contributed by atoms with Gasteiger partial charge < -0.3 is 15.7 Å². The van der Waals surface area contributed by atoms with Crippen molar-refractivity contribution in [2.24, 2.45) is 5.92 Å². The van der Waals surface area contributed by atoms with Crippen molar-refractivity contribution >= 4 is 12.0 Å². The molecule has 3 N–H and O–H groups in total. The molecule has 1 unspecified atom stereocenters. The van der Waals surface area contributed by atoms with Gasteiger partial charge in [-0.15, -0.1) is 0 Å². The Labute approximate surface area is 101 Å². The Balaban J connectivity index is 3.83. The van der Waals surface area contributed by atoms with Crippen molar-refractivity contribution in [3.8, 4) is 0 Å². The van der Waals surface area contributed by atoms with Crippen LogP contribution in [0.5, 0.6) is 0 Å². The van der Waals surface area contributed by atoms with Crippen LogP contribution in [0.2, 0.25) is 0 Å². The summed E-state index contributed by atoms with van der Waals surface area (Å²) >= 11 is 0. The smallest absolute Gasteiger partial charge is 0.324 e. The molecule has 0 radical (unpaired) electrons. The number of carboxylic acid groups (broad SMARTS) is 1. The van der Waals surface area contributed by atoms with Gasteiger partial charge in [0.05, 0.1) is 12.5 Å². The van der Waals surface area contributed by atoms with Crippen molar-refractivity contribution in [1.82, 2.24) is 10.6 Å². The third kappa shape index (κ3) is 6.26. The fourth-order valence-electron chi connectivity index (χ4n) is 0.863. The number of nitrogens with one attached hydrogen (secondary N) is 2. The zero-order chi connectivity index (χ0) is 14.3. The van der Waals surface area contributed by atoms with E-state index in [1.165, 1.54) is 6.92 Å². The van der Waals surface area contributed by atoms with Gasteiger partial charge in [-0.05, 0) is 6.42 Å². The van der Waals surface area contributed by atoms with Gasteiger partial charge in [-0.2, -0.15) is 8.78 Å². The van der Waals surface area contributed by atoms with Gasteiger partial charge in [0, 0.05) is 6.54 Å². The Morgan fingerprint density at radius 1 is 1.28 bits per heavy atom. The molecule has 0 aliphatic heterocycles. The minimum atomic E-state index is -4.29. The van der Waals surface area contributed by atoms with Crippen LogP contribution in [0.3, 0.4) is 0 Å². The summed E-state index contributed by atoms with van der Waals surface area (Å²) < 4.78 is 48.2. The van der Waals surface area contributed by atoms with Gasteiger partial charge in [-0.1, -0.05) is 6.92 Å². The van der Waals surface area contributed by atoms with Crippen molar-refractivity contribution in [1.29, 1.82) is 0 Å². The highest BCUT2D eigenvalue weighted by Crippen LogP contribution is 2.21. The highest BCUT2D eigenvalue weighted by atomic mass is 19.3. The lowest BCUT2D eigenvalue weighted by molar-refractivity contribution is -0.141. The first-order valence-electron chi connectivity index (χ1n) is 5.07. The van der Waals surface area contributed by atoms with Crippen LogP contribution in [0.4, 0.5) is 22.4 Å². The monoisotopic (exact) mass is 274 g/mol. The lowest BCUT2D eigenvalue weighted by Crippen LogP contribution is -2.45. The van der Waals surface area contributed by atoms with Crippen molar-refractivity contribution in [2.75, 3.05) is 13.1 Å². The van der Waals surface area contributed by atoms with E-state index in [-0.39, 0.29) is 13.0 Å². The fourth-order valence-corrected chi connectivity index (χ4v) is 0.863. The highest BCUT2D eigenvalue weighted by Gasteiger charge is 2.40. The average molecular weight is 274 g/mol. The van der Waals surface area contributed by atoms with E-state index in [0.717, 1.165) is 0 Å². The third-order valence-corrected chi connectivity index (χ3v) is 2.09. The van der Waals surface area contributed by atoms with Crippen molar-refractivity contribution < 1.29 is 32.3 Å². The molecule has 0 rings (SSSR count). The quantitative estimate of drug-likeness (QED) is 0.612. The Bertz CT molecular complexity index is 300. The Hall–Kier alpha value is -1.54. The molecule has 0 bridgehead atoms. The molecule has 106 valence electrons. The van der Waals surface area contributed by atoms with Crippen LogP contribution >= 0.6 is 0 Å². The molecule has 0 aromatic rings. The molecule has 0 saturated carbocycles. The van der Waals surface area contributed by atoms with Crippen molar-refractivity contribution in [3.63, 3.8) is 0 Å². The Morgan fingerprint density at radius 2 is 1.83 bits per heavy atom. The predicted molar refractivity (Wildman–Crippen MR) is 53.8 cm³/mol. The molecule has 0 aliphatic carbocycles. The van der Waals surface area contributed by atoms with Gasteiger partial charge in [-0.3, -0.25) is 4.79 Å². The number of carbonyl (C=O) groups is 2. The zero-order valence-electron chi connectivity index (χ0n) is 9.55. The number of carbonyl (C=O) groups excluding carboxylic acids is 1. The van der Waals surface area contributed by atoms with E-state index in [1.807, 2.05) is 0 Å². The molecule has 2 amide bonds. The van der Waals surface area contributed by atoms with E-state index >= 15 is 0 Å². The summed E-state index contributed by atoms with van der Waals surface area (Å²) in [5, 5.41) is 12.2. The fraction of sp³-hybridized carbons (Fsp3) is 0.778. The SMILES string of the molecule is CC(CCNC(=O)NCC(F)(F)C(F)F)C(=O)O. The van der Waals surface area contributed by atoms with Gasteiger partial charge >= 0.3 is 24.3 Å². The second-order valence-corrected chi connectivity index (χ2v) is 3.70. The van der Waals surface area contributed by atoms with E-state index in [4.69, 9.17) is 5.11 Å². The third-order valence-electron chi connectivity index (χ3n) is 2.09. The second-order valence-electron chi connectivity index (χ2n) is 3.70. The number of halogens is 4. The molecule has 18 heavy (non-hydrogen) atoms. The number of aliphatic carboxylic acids is 1. The molecular formula is C9H14F4N2O3. The first-order valence-corrected chi connectivity index (χ1v) is 5.07. The normalized spacial score (nSPS) is 13.2. The topological polar surface area (TPSA) is 78.4 Å². The largest absolute Gasteiger partial charge is 0.481 e. The maximum atomic E-state index is 12.4. The van der Waals surface area contributed by atoms with Crippen LogP contribution in [-0.2, 0) is 4.79 Å². The lowest BCUT2D eigenvalue weighted by atomic mass is 10.1. The summed E-state index contributed by atoms with van der Waals surface area (Å²) in [6.07, 6.45) is -3.75. The first-order chi connectivity index (χ1) is 8.16. The van der Waals surface area contributed by atoms with Crippen LogP contribution < -0.4 is 10.6 Å².